The zero-order chi connectivity index (χ0) is 21.3. The molecule has 0 amide bonds. The largest absolute Gasteiger partial charge is 0.493 e. The average molecular weight is 401 g/mol. The van der Waals surface area contributed by atoms with Crippen molar-refractivity contribution in [2.75, 3.05) is 7.11 Å². The SMILES string of the molecule is COc1cc(C=C2C(=O)c3ccccc3C2=O)ccc1Oc1ccccc1[N+](=O)[O-]. The van der Waals surface area contributed by atoms with Gasteiger partial charge in [-0.25, -0.2) is 0 Å². The summed E-state index contributed by atoms with van der Waals surface area (Å²) in [4.78, 5) is 35.8. The molecule has 0 atom stereocenters. The molecule has 0 saturated heterocycles. The monoisotopic (exact) mass is 401 g/mol. The molecule has 7 heteroatoms. The molecule has 7 nitrogen and oxygen atoms in total. The number of rotatable bonds is 5. The van der Waals surface area contributed by atoms with Crippen molar-refractivity contribution in [3.63, 3.8) is 0 Å². The molecule has 148 valence electrons. The molecule has 0 fully saturated rings. The number of hydrogen-bond donors (Lipinski definition) is 0. The van der Waals surface area contributed by atoms with Gasteiger partial charge in [0.1, 0.15) is 0 Å². The van der Waals surface area contributed by atoms with E-state index in [1.165, 1.54) is 25.3 Å². The van der Waals surface area contributed by atoms with Gasteiger partial charge in [-0.1, -0.05) is 42.5 Å². The van der Waals surface area contributed by atoms with Crippen LogP contribution in [0.15, 0.2) is 72.3 Å². The smallest absolute Gasteiger partial charge is 0.311 e. The quantitative estimate of drug-likeness (QED) is 0.262. The van der Waals surface area contributed by atoms with E-state index in [2.05, 4.69) is 0 Å². The lowest BCUT2D eigenvalue weighted by molar-refractivity contribution is -0.385. The Bertz CT molecular complexity index is 1190. The number of nitro groups is 1. The second-order valence-corrected chi connectivity index (χ2v) is 6.50. The maximum atomic E-state index is 12.6. The number of methoxy groups -OCH3 is 1. The zero-order valence-electron chi connectivity index (χ0n) is 15.8. The van der Waals surface area contributed by atoms with E-state index in [1.807, 2.05) is 0 Å². The lowest BCUT2D eigenvalue weighted by Gasteiger charge is -2.11. The summed E-state index contributed by atoms with van der Waals surface area (Å²) in [6.07, 6.45) is 1.50. The lowest BCUT2D eigenvalue weighted by Crippen LogP contribution is -2.00. The predicted octanol–water partition coefficient (Wildman–Crippen LogP) is 4.86. The van der Waals surface area contributed by atoms with E-state index in [9.17, 15) is 19.7 Å². The maximum Gasteiger partial charge on any atom is 0.311 e. The fourth-order valence-electron chi connectivity index (χ4n) is 3.24. The minimum Gasteiger partial charge on any atom is -0.493 e. The molecule has 1 aliphatic carbocycles. The summed E-state index contributed by atoms with van der Waals surface area (Å²) in [5, 5.41) is 11.2. The molecule has 0 heterocycles. The Morgan fingerprint density at radius 3 is 2.10 bits per heavy atom. The molecule has 0 bridgehead atoms. The molecule has 4 rings (SSSR count). The molecule has 0 unspecified atom stereocenters. The summed E-state index contributed by atoms with van der Waals surface area (Å²) in [6, 6.07) is 17.5. The fourth-order valence-corrected chi connectivity index (χ4v) is 3.24. The third-order valence-electron chi connectivity index (χ3n) is 4.69. The third-order valence-corrected chi connectivity index (χ3v) is 4.69. The number of nitrogens with zero attached hydrogens (tertiary/aromatic N) is 1. The normalized spacial score (nSPS) is 12.5. The summed E-state index contributed by atoms with van der Waals surface area (Å²) in [6.45, 7) is 0. The lowest BCUT2D eigenvalue weighted by atomic mass is 10.1. The van der Waals surface area contributed by atoms with Crippen molar-refractivity contribution in [1.29, 1.82) is 0 Å². The van der Waals surface area contributed by atoms with E-state index in [-0.39, 0.29) is 34.3 Å². The van der Waals surface area contributed by atoms with Gasteiger partial charge in [0.05, 0.1) is 17.6 Å². The van der Waals surface area contributed by atoms with Crippen LogP contribution >= 0.6 is 0 Å². The summed E-state index contributed by atoms with van der Waals surface area (Å²) in [5.41, 5.74) is 1.23. The van der Waals surface area contributed by atoms with E-state index in [0.717, 1.165) is 0 Å². The third kappa shape index (κ3) is 3.33. The van der Waals surface area contributed by atoms with Gasteiger partial charge in [-0.15, -0.1) is 0 Å². The van der Waals surface area contributed by atoms with Crippen molar-refractivity contribution < 1.29 is 24.0 Å². The van der Waals surface area contributed by atoms with Crippen molar-refractivity contribution in [3.05, 3.63) is 99.1 Å². The number of fused-ring (bicyclic) bond motifs is 1. The molecular formula is C23H15NO6. The molecule has 0 aliphatic heterocycles. The number of benzene rings is 3. The Kier molecular flexibility index (Phi) is 4.85. The first-order valence-corrected chi connectivity index (χ1v) is 8.99. The van der Waals surface area contributed by atoms with Gasteiger partial charge >= 0.3 is 5.69 Å². The van der Waals surface area contributed by atoms with Gasteiger partial charge in [-0.3, -0.25) is 19.7 Å². The van der Waals surface area contributed by atoms with Gasteiger partial charge in [-0.2, -0.15) is 0 Å². The van der Waals surface area contributed by atoms with Crippen LogP contribution in [0.25, 0.3) is 6.08 Å². The Balaban J connectivity index is 1.67. The Morgan fingerprint density at radius 2 is 1.47 bits per heavy atom. The van der Waals surface area contributed by atoms with E-state index < -0.39 is 4.92 Å². The van der Waals surface area contributed by atoms with Gasteiger partial charge in [-0.05, 0) is 29.8 Å². The molecule has 3 aromatic rings. The molecule has 0 N–H and O–H groups in total. The fraction of sp³-hybridized carbons (Fsp3) is 0.0435. The number of carbonyl (C=O) groups is 2. The summed E-state index contributed by atoms with van der Waals surface area (Å²) < 4.78 is 11.0. The van der Waals surface area contributed by atoms with Crippen LogP contribution in [0.3, 0.4) is 0 Å². The van der Waals surface area contributed by atoms with Gasteiger partial charge in [0.15, 0.2) is 23.1 Å². The number of nitro benzene ring substituents is 1. The highest BCUT2D eigenvalue weighted by Crippen LogP contribution is 2.37. The van der Waals surface area contributed by atoms with E-state index in [4.69, 9.17) is 9.47 Å². The number of ketones is 2. The second kappa shape index (κ2) is 7.63. The number of hydrogen-bond acceptors (Lipinski definition) is 6. The topological polar surface area (TPSA) is 95.7 Å². The standard InChI is InChI=1S/C23H15NO6/c1-29-21-13-14(12-17-22(25)15-6-2-3-7-16(15)23(17)26)10-11-20(21)30-19-9-5-4-8-18(19)24(27)28/h2-13H,1H3. The number of Topliss-reactive ketones (excluding diaryl/α,β-unsaturated/α-hetero) is 2. The van der Waals surface area contributed by atoms with E-state index in [1.54, 1.807) is 54.6 Å². The van der Waals surface area contributed by atoms with Gasteiger partial charge in [0.2, 0.25) is 5.75 Å². The van der Waals surface area contributed by atoms with Gasteiger partial charge in [0.25, 0.3) is 0 Å². The zero-order valence-corrected chi connectivity index (χ0v) is 15.8. The average Bonchev–Trinajstić information content (AvgIpc) is 3.00. The molecular weight excluding hydrogens is 386 g/mol. The van der Waals surface area contributed by atoms with E-state index >= 15 is 0 Å². The van der Waals surface area contributed by atoms with Crippen LogP contribution in [0, 0.1) is 10.1 Å². The molecule has 0 aromatic heterocycles. The number of allylic oxidation sites excluding steroid dienone is 1. The van der Waals surface area contributed by atoms with Crippen molar-refractivity contribution in [2.45, 2.75) is 0 Å². The Hall–Kier alpha value is -4.26. The van der Waals surface area contributed by atoms with Crippen molar-refractivity contribution in [2.24, 2.45) is 0 Å². The maximum absolute atomic E-state index is 12.6. The molecule has 0 radical (unpaired) electrons. The van der Waals surface area contributed by atoms with Crippen LogP contribution in [0.5, 0.6) is 17.2 Å². The summed E-state index contributed by atoms with van der Waals surface area (Å²) in [5.74, 6) is -0.00710. The number of para-hydroxylation sites is 2. The first kappa shape index (κ1) is 19.1. The van der Waals surface area contributed by atoms with Crippen LogP contribution in [-0.4, -0.2) is 23.6 Å². The summed E-state index contributed by atoms with van der Waals surface area (Å²) >= 11 is 0. The predicted molar refractivity (Wildman–Crippen MR) is 109 cm³/mol. The first-order valence-electron chi connectivity index (χ1n) is 8.99. The number of ether oxygens (including phenoxy) is 2. The van der Waals surface area contributed by atoms with Crippen LogP contribution in [0.2, 0.25) is 0 Å². The highest BCUT2D eigenvalue weighted by molar-refractivity contribution is 6.41. The van der Waals surface area contributed by atoms with Crippen molar-refractivity contribution >= 4 is 23.3 Å². The van der Waals surface area contributed by atoms with E-state index in [0.29, 0.717) is 22.4 Å². The highest BCUT2D eigenvalue weighted by atomic mass is 16.6. The molecule has 30 heavy (non-hydrogen) atoms. The van der Waals surface area contributed by atoms with Crippen molar-refractivity contribution in [1.82, 2.24) is 0 Å². The second-order valence-electron chi connectivity index (χ2n) is 6.50. The van der Waals surface area contributed by atoms with Gasteiger partial charge in [0, 0.05) is 17.2 Å². The minimum atomic E-state index is -0.532. The van der Waals surface area contributed by atoms with Crippen LogP contribution in [0.4, 0.5) is 5.69 Å². The van der Waals surface area contributed by atoms with Crippen molar-refractivity contribution in [3.8, 4) is 17.2 Å². The first-order chi connectivity index (χ1) is 14.5. The van der Waals surface area contributed by atoms with Crippen LogP contribution < -0.4 is 9.47 Å². The molecule has 3 aromatic carbocycles. The highest BCUT2D eigenvalue weighted by Gasteiger charge is 2.32. The number of carbonyl (C=O) groups excluding carboxylic acids is 2. The summed E-state index contributed by atoms with van der Waals surface area (Å²) in [7, 11) is 1.43. The molecule has 0 spiro atoms. The Morgan fingerprint density at radius 1 is 0.833 bits per heavy atom. The van der Waals surface area contributed by atoms with Gasteiger partial charge < -0.3 is 9.47 Å². The van der Waals surface area contributed by atoms with Crippen LogP contribution in [-0.2, 0) is 0 Å². The molecule has 1 aliphatic rings. The Labute approximate surface area is 171 Å². The molecule has 0 saturated carbocycles. The van der Waals surface area contributed by atoms with Crippen LogP contribution in [0.1, 0.15) is 26.3 Å². The minimum absolute atomic E-state index is 0.0727.